The third-order valence-electron chi connectivity index (χ3n) is 5.50. The van der Waals surface area contributed by atoms with Crippen molar-refractivity contribution in [1.82, 2.24) is 0 Å². The highest BCUT2D eigenvalue weighted by Gasteiger charge is 2.31. The number of hydrazone groups is 1. The molecular weight excluding hydrogens is 463 g/mol. The molecule has 0 atom stereocenters. The number of rotatable bonds is 6. The van der Waals surface area contributed by atoms with E-state index in [9.17, 15) is 9.18 Å². The molecule has 35 heavy (non-hydrogen) atoms. The van der Waals surface area contributed by atoms with Gasteiger partial charge in [-0.2, -0.15) is 10.1 Å². The van der Waals surface area contributed by atoms with E-state index in [2.05, 4.69) is 5.10 Å². The van der Waals surface area contributed by atoms with E-state index in [0.717, 1.165) is 16.7 Å². The number of anilines is 1. The van der Waals surface area contributed by atoms with Crippen molar-refractivity contribution in [1.29, 1.82) is 0 Å². The zero-order valence-electron chi connectivity index (χ0n) is 18.6. The Labute approximate surface area is 207 Å². The Kier molecular flexibility index (Phi) is 6.42. The molecule has 4 nitrogen and oxygen atoms in total. The SMILES string of the molecule is O=C1/C(=C\c2ccc(OCc3ccc(F)cc3)c(Cl)c2)C(c2ccccc2)=NN1c1ccccc1. The first-order valence-corrected chi connectivity index (χ1v) is 11.4. The van der Waals surface area contributed by atoms with E-state index in [1.165, 1.54) is 17.1 Å². The van der Waals surface area contributed by atoms with Crippen LogP contribution in [-0.4, -0.2) is 11.6 Å². The molecule has 4 aromatic rings. The molecule has 0 saturated carbocycles. The average Bonchev–Trinajstić information content (AvgIpc) is 3.21. The Morgan fingerprint density at radius 3 is 2.26 bits per heavy atom. The normalized spacial score (nSPS) is 14.3. The van der Waals surface area contributed by atoms with Gasteiger partial charge < -0.3 is 4.74 Å². The molecule has 0 aromatic heterocycles. The van der Waals surface area contributed by atoms with Gasteiger partial charge in [-0.05, 0) is 53.6 Å². The number of para-hydroxylation sites is 1. The summed E-state index contributed by atoms with van der Waals surface area (Å²) in [5.41, 5.74) is 4.16. The van der Waals surface area contributed by atoms with Crippen LogP contribution in [0.1, 0.15) is 16.7 Å². The zero-order valence-corrected chi connectivity index (χ0v) is 19.3. The third kappa shape index (κ3) is 5.00. The second-order valence-electron chi connectivity index (χ2n) is 7.93. The molecule has 1 heterocycles. The van der Waals surface area contributed by atoms with E-state index in [-0.39, 0.29) is 18.3 Å². The zero-order chi connectivity index (χ0) is 24.2. The van der Waals surface area contributed by atoms with Gasteiger partial charge in [0, 0.05) is 5.56 Å². The van der Waals surface area contributed by atoms with E-state index in [0.29, 0.717) is 27.7 Å². The van der Waals surface area contributed by atoms with Crippen LogP contribution in [0.15, 0.2) is 114 Å². The summed E-state index contributed by atoms with van der Waals surface area (Å²) in [6.07, 6.45) is 1.78. The van der Waals surface area contributed by atoms with Crippen LogP contribution < -0.4 is 9.75 Å². The molecule has 1 aliphatic heterocycles. The summed E-state index contributed by atoms with van der Waals surface area (Å²) >= 11 is 6.48. The average molecular weight is 483 g/mol. The number of halogens is 2. The van der Waals surface area contributed by atoms with Gasteiger partial charge in [0.05, 0.1) is 16.3 Å². The quantitative estimate of drug-likeness (QED) is 0.281. The van der Waals surface area contributed by atoms with Gasteiger partial charge in [-0.25, -0.2) is 4.39 Å². The highest BCUT2D eigenvalue weighted by Crippen LogP contribution is 2.31. The van der Waals surface area contributed by atoms with Crippen LogP contribution in [-0.2, 0) is 11.4 Å². The minimum Gasteiger partial charge on any atom is -0.487 e. The van der Waals surface area contributed by atoms with Crippen LogP contribution >= 0.6 is 11.6 Å². The van der Waals surface area contributed by atoms with Gasteiger partial charge >= 0.3 is 0 Å². The first kappa shape index (κ1) is 22.6. The second-order valence-corrected chi connectivity index (χ2v) is 8.34. The molecule has 1 amide bonds. The molecular formula is C29H20ClFN2O2. The van der Waals surface area contributed by atoms with Crippen molar-refractivity contribution in [3.63, 3.8) is 0 Å². The lowest BCUT2D eigenvalue weighted by Gasteiger charge is -2.11. The highest BCUT2D eigenvalue weighted by molar-refractivity contribution is 6.37. The van der Waals surface area contributed by atoms with Crippen LogP contribution in [0.25, 0.3) is 6.08 Å². The maximum atomic E-state index is 13.4. The molecule has 4 aromatic carbocycles. The van der Waals surface area contributed by atoms with E-state index < -0.39 is 0 Å². The van der Waals surface area contributed by atoms with Crippen LogP contribution in [0.5, 0.6) is 5.75 Å². The molecule has 0 saturated heterocycles. The number of ether oxygens (including phenoxy) is 1. The standard InChI is InChI=1S/C29H20ClFN2O2/c30-26-18-21(13-16-27(26)35-19-20-11-14-23(31)15-12-20)17-25-28(22-7-3-1-4-8-22)32-33(29(25)34)24-9-5-2-6-10-24/h1-18H,19H2/b25-17-. The van der Waals surface area contributed by atoms with Crippen molar-refractivity contribution < 1.29 is 13.9 Å². The Balaban J connectivity index is 1.43. The predicted octanol–water partition coefficient (Wildman–Crippen LogP) is 6.89. The number of hydrogen-bond acceptors (Lipinski definition) is 3. The van der Waals surface area contributed by atoms with Crippen molar-refractivity contribution in [2.45, 2.75) is 6.61 Å². The molecule has 172 valence electrons. The van der Waals surface area contributed by atoms with Gasteiger partial charge in [0.15, 0.2) is 0 Å². The second kappa shape index (κ2) is 9.95. The van der Waals surface area contributed by atoms with Gasteiger partial charge in [-0.3, -0.25) is 4.79 Å². The monoisotopic (exact) mass is 482 g/mol. The number of amides is 1. The van der Waals surface area contributed by atoms with Gasteiger partial charge in [-0.1, -0.05) is 78.3 Å². The van der Waals surface area contributed by atoms with E-state index >= 15 is 0 Å². The molecule has 0 N–H and O–H groups in total. The fourth-order valence-corrected chi connectivity index (χ4v) is 3.97. The molecule has 0 spiro atoms. The van der Waals surface area contributed by atoms with Gasteiger partial charge in [-0.15, -0.1) is 0 Å². The third-order valence-corrected chi connectivity index (χ3v) is 5.80. The predicted molar refractivity (Wildman–Crippen MR) is 137 cm³/mol. The molecule has 0 unspecified atom stereocenters. The van der Waals surface area contributed by atoms with Crippen LogP contribution in [0.3, 0.4) is 0 Å². The Morgan fingerprint density at radius 2 is 1.57 bits per heavy atom. The van der Waals surface area contributed by atoms with Crippen LogP contribution in [0.4, 0.5) is 10.1 Å². The number of carbonyl (C=O) groups excluding carboxylic acids is 1. The Bertz CT molecular complexity index is 1420. The van der Waals surface area contributed by atoms with Crippen LogP contribution in [0.2, 0.25) is 5.02 Å². The van der Waals surface area contributed by atoms with Crippen molar-refractivity contribution in [2.75, 3.05) is 5.01 Å². The molecule has 0 radical (unpaired) electrons. The molecule has 1 aliphatic rings. The van der Waals surface area contributed by atoms with Crippen molar-refractivity contribution in [3.8, 4) is 5.75 Å². The van der Waals surface area contributed by atoms with Gasteiger partial charge in [0.2, 0.25) is 0 Å². The number of benzene rings is 4. The van der Waals surface area contributed by atoms with E-state index in [1.807, 2.05) is 66.7 Å². The van der Waals surface area contributed by atoms with Crippen molar-refractivity contribution >= 4 is 35.0 Å². The Morgan fingerprint density at radius 1 is 0.886 bits per heavy atom. The van der Waals surface area contributed by atoms with E-state index in [1.54, 1.807) is 30.3 Å². The summed E-state index contributed by atoms with van der Waals surface area (Å²) in [5, 5.41) is 6.46. The fourth-order valence-electron chi connectivity index (χ4n) is 3.73. The minimum atomic E-state index is -0.296. The largest absolute Gasteiger partial charge is 0.487 e. The Hall–Kier alpha value is -4.22. The minimum absolute atomic E-state index is 0.220. The van der Waals surface area contributed by atoms with Crippen LogP contribution in [0, 0.1) is 5.82 Å². The summed E-state index contributed by atoms with van der Waals surface area (Å²) in [4.78, 5) is 13.4. The lowest BCUT2D eigenvalue weighted by atomic mass is 10.0. The van der Waals surface area contributed by atoms with Crippen molar-refractivity contribution in [2.24, 2.45) is 5.10 Å². The summed E-state index contributed by atoms with van der Waals surface area (Å²) in [7, 11) is 0. The maximum absolute atomic E-state index is 13.4. The lowest BCUT2D eigenvalue weighted by Crippen LogP contribution is -2.21. The smallest absolute Gasteiger partial charge is 0.281 e. The highest BCUT2D eigenvalue weighted by atomic mass is 35.5. The summed E-state index contributed by atoms with van der Waals surface area (Å²) < 4.78 is 18.9. The maximum Gasteiger partial charge on any atom is 0.281 e. The summed E-state index contributed by atoms with van der Waals surface area (Å²) in [6, 6.07) is 30.3. The number of carbonyl (C=O) groups is 1. The van der Waals surface area contributed by atoms with Crippen molar-refractivity contribution in [3.05, 3.63) is 136 Å². The van der Waals surface area contributed by atoms with Gasteiger partial charge in [0.25, 0.3) is 5.91 Å². The fraction of sp³-hybridized carbons (Fsp3) is 0.0345. The molecule has 6 heteroatoms. The molecule has 0 bridgehead atoms. The topological polar surface area (TPSA) is 41.9 Å². The lowest BCUT2D eigenvalue weighted by molar-refractivity contribution is -0.114. The first-order chi connectivity index (χ1) is 17.1. The summed E-state index contributed by atoms with van der Waals surface area (Å²) in [6.45, 7) is 0.260. The van der Waals surface area contributed by atoms with E-state index in [4.69, 9.17) is 16.3 Å². The molecule has 0 aliphatic carbocycles. The van der Waals surface area contributed by atoms with Gasteiger partial charge in [0.1, 0.15) is 23.9 Å². The first-order valence-electron chi connectivity index (χ1n) is 11.0. The summed E-state index contributed by atoms with van der Waals surface area (Å²) in [5.74, 6) is -0.0172. The number of hydrogen-bond donors (Lipinski definition) is 0. The number of nitrogens with zero attached hydrogens (tertiary/aromatic N) is 2. The molecule has 5 rings (SSSR count). The molecule has 0 fully saturated rings.